The molecule has 0 saturated carbocycles. The highest BCUT2D eigenvalue weighted by atomic mass is 16.5. The molecule has 0 spiro atoms. The molecule has 0 aromatic carbocycles. The monoisotopic (exact) mass is 684 g/mol. The average Bonchev–Trinajstić information content (AvgIpc) is 3.60. The molecule has 1 rings (SSSR count). The molecule has 0 amide bonds. The smallest absolute Gasteiger partial charge is 0.110 e. The van der Waals surface area contributed by atoms with Crippen molar-refractivity contribution in [1.29, 1.82) is 0 Å². The number of hydrogen-bond donors (Lipinski definition) is 0. The summed E-state index contributed by atoms with van der Waals surface area (Å²) < 4.78 is 13.0. The van der Waals surface area contributed by atoms with E-state index < -0.39 is 0 Å². The highest BCUT2D eigenvalue weighted by Gasteiger charge is 2.35. The van der Waals surface area contributed by atoms with E-state index in [1.54, 1.807) is 0 Å². The van der Waals surface area contributed by atoms with Gasteiger partial charge in [-0.1, -0.05) is 153 Å². The maximum Gasteiger partial charge on any atom is 0.110 e. The lowest BCUT2D eigenvalue weighted by molar-refractivity contribution is -0.100. The van der Waals surface area contributed by atoms with Gasteiger partial charge in [-0.05, 0) is 103 Å². The Kier molecular flexibility index (Phi) is 34.3. The molecule has 3 atom stereocenters. The molecule has 1 heterocycles. The Balaban J connectivity index is 2.07. The Morgan fingerprint density at radius 1 is 0.490 bits per heavy atom. The Labute approximate surface area is 307 Å². The SMILES string of the molecule is CCCCCC=CCC=CCCCCCCCCOC(CC)C1CCCN1C(CC)OCCCCCCCCC=CCC=CCCCCC. The Morgan fingerprint density at radius 2 is 0.918 bits per heavy atom. The molecule has 0 aromatic rings. The zero-order valence-electron chi connectivity index (χ0n) is 33.5. The standard InChI is InChI=1S/C46H85NO2/c1-5-9-11-13-15-17-19-21-23-25-27-29-31-33-35-37-42-48-45(7-3)44-40-39-41-47(44)46(8-4)49-43-38-36-34-32-30-28-26-24-22-20-18-16-14-12-10-6-2/h15-18,21-24,44-46H,5-14,19-20,25-43H2,1-4H3. The van der Waals surface area contributed by atoms with Crippen molar-refractivity contribution in [1.82, 2.24) is 4.90 Å². The van der Waals surface area contributed by atoms with Crippen molar-refractivity contribution >= 4 is 0 Å². The second kappa shape index (κ2) is 36.6. The van der Waals surface area contributed by atoms with E-state index in [4.69, 9.17) is 9.47 Å². The zero-order chi connectivity index (χ0) is 35.3. The van der Waals surface area contributed by atoms with Crippen LogP contribution in [0, 0.1) is 0 Å². The van der Waals surface area contributed by atoms with Crippen LogP contribution in [-0.2, 0) is 9.47 Å². The van der Waals surface area contributed by atoms with Crippen molar-refractivity contribution in [2.45, 2.75) is 226 Å². The van der Waals surface area contributed by atoms with Gasteiger partial charge in [-0.3, -0.25) is 4.90 Å². The summed E-state index contributed by atoms with van der Waals surface area (Å²) in [6.45, 7) is 12.1. The highest BCUT2D eigenvalue weighted by Crippen LogP contribution is 2.28. The summed E-state index contributed by atoms with van der Waals surface area (Å²) in [5, 5.41) is 0. The van der Waals surface area contributed by atoms with Crippen LogP contribution in [0.25, 0.3) is 0 Å². The van der Waals surface area contributed by atoms with Crippen molar-refractivity contribution in [2.24, 2.45) is 0 Å². The highest BCUT2D eigenvalue weighted by molar-refractivity contribution is 4.93. The van der Waals surface area contributed by atoms with E-state index in [0.29, 0.717) is 12.1 Å². The second-order valence-electron chi connectivity index (χ2n) is 14.7. The number of ether oxygens (including phenoxy) is 2. The van der Waals surface area contributed by atoms with E-state index in [1.165, 1.54) is 154 Å². The third-order valence-electron chi connectivity index (χ3n) is 10.2. The van der Waals surface area contributed by atoms with Gasteiger partial charge in [-0.25, -0.2) is 0 Å². The molecular weight excluding hydrogens is 599 g/mol. The lowest BCUT2D eigenvalue weighted by Gasteiger charge is -2.36. The van der Waals surface area contributed by atoms with Gasteiger partial charge in [0.15, 0.2) is 0 Å². The van der Waals surface area contributed by atoms with Crippen molar-refractivity contribution in [3.8, 4) is 0 Å². The first-order valence-electron chi connectivity index (χ1n) is 21.9. The van der Waals surface area contributed by atoms with Gasteiger partial charge in [0.05, 0.1) is 6.10 Å². The van der Waals surface area contributed by atoms with Gasteiger partial charge in [0.2, 0.25) is 0 Å². The summed E-state index contributed by atoms with van der Waals surface area (Å²) in [6, 6.07) is 0.524. The van der Waals surface area contributed by atoms with Crippen LogP contribution < -0.4 is 0 Å². The lowest BCUT2D eigenvalue weighted by Crippen LogP contribution is -2.47. The van der Waals surface area contributed by atoms with Gasteiger partial charge in [0.25, 0.3) is 0 Å². The number of nitrogens with zero attached hydrogens (tertiary/aromatic N) is 1. The van der Waals surface area contributed by atoms with E-state index >= 15 is 0 Å². The molecule has 1 aliphatic heterocycles. The minimum Gasteiger partial charge on any atom is -0.377 e. The fraction of sp³-hybridized carbons (Fsp3) is 0.826. The van der Waals surface area contributed by atoms with E-state index in [2.05, 4.69) is 81.2 Å². The van der Waals surface area contributed by atoms with E-state index in [9.17, 15) is 0 Å². The summed E-state index contributed by atoms with van der Waals surface area (Å²) in [4.78, 5) is 2.66. The summed E-state index contributed by atoms with van der Waals surface area (Å²) in [7, 11) is 0. The van der Waals surface area contributed by atoms with E-state index in [1.807, 2.05) is 0 Å². The van der Waals surface area contributed by atoms with Crippen LogP contribution in [0.2, 0.25) is 0 Å². The van der Waals surface area contributed by atoms with Gasteiger partial charge >= 0.3 is 0 Å². The van der Waals surface area contributed by atoms with E-state index in [-0.39, 0.29) is 6.23 Å². The summed E-state index contributed by atoms with van der Waals surface area (Å²) in [5.41, 5.74) is 0. The largest absolute Gasteiger partial charge is 0.377 e. The Hall–Kier alpha value is -1.16. The Morgan fingerprint density at radius 3 is 1.37 bits per heavy atom. The number of unbranched alkanes of at least 4 members (excludes halogenated alkanes) is 18. The maximum absolute atomic E-state index is 6.54. The van der Waals surface area contributed by atoms with Crippen LogP contribution in [-0.4, -0.2) is 43.0 Å². The summed E-state index contributed by atoms with van der Waals surface area (Å²) in [5.74, 6) is 0. The molecule has 49 heavy (non-hydrogen) atoms. The fourth-order valence-electron chi connectivity index (χ4n) is 7.16. The molecule has 0 aromatic heterocycles. The number of likely N-dealkylation sites (tertiary alicyclic amines) is 1. The van der Waals surface area contributed by atoms with Gasteiger partial charge in [-0.2, -0.15) is 0 Å². The number of hydrogen-bond acceptors (Lipinski definition) is 3. The molecule has 0 aliphatic carbocycles. The molecular formula is C46H85NO2. The number of rotatable bonds is 36. The molecule has 1 aliphatic rings. The molecule has 286 valence electrons. The van der Waals surface area contributed by atoms with Crippen LogP contribution in [0.1, 0.15) is 207 Å². The van der Waals surface area contributed by atoms with Gasteiger partial charge in [0.1, 0.15) is 6.23 Å². The van der Waals surface area contributed by atoms with Crippen LogP contribution >= 0.6 is 0 Å². The van der Waals surface area contributed by atoms with Crippen molar-refractivity contribution < 1.29 is 9.47 Å². The zero-order valence-corrected chi connectivity index (χ0v) is 33.5. The van der Waals surface area contributed by atoms with Crippen molar-refractivity contribution in [3.05, 3.63) is 48.6 Å². The molecule has 0 radical (unpaired) electrons. The summed E-state index contributed by atoms with van der Waals surface area (Å²) >= 11 is 0. The Bertz CT molecular complexity index is 722. The third kappa shape index (κ3) is 27.2. The van der Waals surface area contributed by atoms with Gasteiger partial charge < -0.3 is 9.47 Å². The second-order valence-corrected chi connectivity index (χ2v) is 14.7. The molecule has 0 bridgehead atoms. The first-order chi connectivity index (χ1) is 24.3. The van der Waals surface area contributed by atoms with Crippen LogP contribution in [0.15, 0.2) is 48.6 Å². The third-order valence-corrected chi connectivity index (χ3v) is 10.2. The lowest BCUT2D eigenvalue weighted by atomic mass is 10.1. The van der Waals surface area contributed by atoms with Crippen molar-refractivity contribution in [3.63, 3.8) is 0 Å². The molecule has 3 unspecified atom stereocenters. The predicted octanol–water partition coefficient (Wildman–Crippen LogP) is 14.6. The fourth-order valence-corrected chi connectivity index (χ4v) is 7.16. The molecule has 3 heteroatoms. The molecule has 0 N–H and O–H groups in total. The van der Waals surface area contributed by atoms with Gasteiger partial charge in [-0.15, -0.1) is 0 Å². The minimum absolute atomic E-state index is 0.255. The van der Waals surface area contributed by atoms with Crippen LogP contribution in [0.4, 0.5) is 0 Å². The topological polar surface area (TPSA) is 21.7 Å². The first kappa shape index (κ1) is 45.9. The first-order valence-corrected chi connectivity index (χ1v) is 21.9. The van der Waals surface area contributed by atoms with Crippen LogP contribution in [0.5, 0.6) is 0 Å². The van der Waals surface area contributed by atoms with Crippen molar-refractivity contribution in [2.75, 3.05) is 19.8 Å². The van der Waals surface area contributed by atoms with E-state index in [0.717, 1.165) is 45.4 Å². The summed E-state index contributed by atoms with van der Waals surface area (Å²) in [6.07, 6.45) is 55.1. The molecule has 1 fully saturated rings. The minimum atomic E-state index is 0.255. The quantitative estimate of drug-likeness (QED) is 0.0485. The predicted molar refractivity (Wildman–Crippen MR) is 219 cm³/mol. The number of allylic oxidation sites excluding steroid dienone is 8. The molecule has 3 nitrogen and oxygen atoms in total. The molecule has 1 saturated heterocycles. The normalized spacial score (nSPS) is 17.2. The maximum atomic E-state index is 6.54. The van der Waals surface area contributed by atoms with Crippen LogP contribution in [0.3, 0.4) is 0 Å². The van der Waals surface area contributed by atoms with Gasteiger partial charge in [0, 0.05) is 25.8 Å². The average molecular weight is 684 g/mol.